The van der Waals surface area contributed by atoms with Gasteiger partial charge in [0, 0.05) is 13.5 Å². The van der Waals surface area contributed by atoms with Crippen molar-refractivity contribution < 1.29 is 9.18 Å². The van der Waals surface area contributed by atoms with Crippen molar-refractivity contribution in [2.75, 3.05) is 7.05 Å². The van der Waals surface area contributed by atoms with Crippen LogP contribution in [0.3, 0.4) is 0 Å². The van der Waals surface area contributed by atoms with Crippen LogP contribution in [0.25, 0.3) is 0 Å². The summed E-state index contributed by atoms with van der Waals surface area (Å²) >= 11 is 0. The second-order valence-electron chi connectivity index (χ2n) is 5.31. The lowest BCUT2D eigenvalue weighted by molar-refractivity contribution is -0.122. The maximum Gasteiger partial charge on any atom is 0.347 e. The fourth-order valence-corrected chi connectivity index (χ4v) is 2.50. The summed E-state index contributed by atoms with van der Waals surface area (Å²) in [6.45, 7) is 0.255. The lowest BCUT2D eigenvalue weighted by atomic mass is 10.2. The van der Waals surface area contributed by atoms with Crippen LogP contribution in [0.15, 0.2) is 35.4 Å². The first-order valence-corrected chi connectivity index (χ1v) is 7.19. The summed E-state index contributed by atoms with van der Waals surface area (Å²) in [6.07, 6.45) is 1.51. The molecule has 3 rings (SSSR count). The Bertz CT molecular complexity index is 753. The summed E-state index contributed by atoms with van der Waals surface area (Å²) < 4.78 is 15.6. The molecule has 122 valence electrons. The number of hydrazine groups is 1. The van der Waals surface area contributed by atoms with Gasteiger partial charge in [-0.1, -0.05) is 12.1 Å². The molecule has 1 aliphatic heterocycles. The molecule has 0 bridgehead atoms. The number of carbonyl (C=O) groups is 1. The molecule has 3 N–H and O–H groups in total. The third-order valence-electron chi connectivity index (χ3n) is 3.78. The predicted molar refractivity (Wildman–Crippen MR) is 79.8 cm³/mol. The number of likely N-dealkylation sites (N-methyl/N-ethyl adjacent to an activating group) is 1. The third kappa shape index (κ3) is 3.15. The molecule has 1 saturated heterocycles. The summed E-state index contributed by atoms with van der Waals surface area (Å²) in [5.74, 6) is -0.472. The molecule has 2 atom stereocenters. The van der Waals surface area contributed by atoms with Crippen molar-refractivity contribution in [3.05, 3.63) is 52.5 Å². The molecule has 9 heteroatoms. The first-order chi connectivity index (χ1) is 11.1. The van der Waals surface area contributed by atoms with Gasteiger partial charge in [0.05, 0.1) is 6.54 Å². The molecule has 1 aromatic carbocycles. The minimum absolute atomic E-state index is 0.147. The second-order valence-corrected chi connectivity index (χ2v) is 5.31. The Hall–Kier alpha value is -2.52. The highest BCUT2D eigenvalue weighted by Gasteiger charge is 2.30. The largest absolute Gasteiger partial charge is 0.358 e. The highest BCUT2D eigenvalue weighted by molar-refractivity contribution is 5.81. The molecule has 0 spiro atoms. The van der Waals surface area contributed by atoms with E-state index in [1.165, 1.54) is 27.7 Å². The zero-order chi connectivity index (χ0) is 16.4. The second kappa shape index (κ2) is 6.31. The summed E-state index contributed by atoms with van der Waals surface area (Å²) in [5, 5.41) is 6.63. The van der Waals surface area contributed by atoms with Crippen LogP contribution in [0.1, 0.15) is 18.2 Å². The minimum Gasteiger partial charge on any atom is -0.358 e. The van der Waals surface area contributed by atoms with Crippen molar-refractivity contribution in [2.24, 2.45) is 0 Å². The Labute approximate surface area is 131 Å². The van der Waals surface area contributed by atoms with Crippen LogP contribution in [0.2, 0.25) is 0 Å². The maximum atomic E-state index is 12.9. The zero-order valence-electron chi connectivity index (χ0n) is 12.5. The van der Waals surface area contributed by atoms with E-state index in [1.807, 2.05) is 0 Å². The summed E-state index contributed by atoms with van der Waals surface area (Å²) in [4.78, 5) is 24.0. The minimum atomic E-state index is -0.405. The van der Waals surface area contributed by atoms with Crippen LogP contribution in [0.5, 0.6) is 0 Å². The van der Waals surface area contributed by atoms with Crippen molar-refractivity contribution in [1.29, 1.82) is 0 Å². The quantitative estimate of drug-likeness (QED) is 0.696. The fourth-order valence-electron chi connectivity index (χ4n) is 2.50. The number of carbonyl (C=O) groups excluding carboxylic acids is 1. The molecule has 1 amide bonds. The van der Waals surface area contributed by atoms with Crippen molar-refractivity contribution in [1.82, 2.24) is 30.5 Å². The SMILES string of the molecule is CNC(=O)C1CC(n2cnn(Cc3ccc(F)cc3)c2=O)NN1. The zero-order valence-corrected chi connectivity index (χ0v) is 12.5. The fraction of sp³-hybridized carbons (Fsp3) is 0.357. The number of nitrogens with zero attached hydrogens (tertiary/aromatic N) is 3. The van der Waals surface area contributed by atoms with E-state index >= 15 is 0 Å². The average molecular weight is 320 g/mol. The molecule has 1 aromatic heterocycles. The number of rotatable bonds is 4. The van der Waals surface area contributed by atoms with Gasteiger partial charge in [0.25, 0.3) is 0 Å². The van der Waals surface area contributed by atoms with E-state index in [0.717, 1.165) is 5.56 Å². The molecular weight excluding hydrogens is 303 g/mol. The topological polar surface area (TPSA) is 93.0 Å². The van der Waals surface area contributed by atoms with Gasteiger partial charge >= 0.3 is 5.69 Å². The number of hydrogen-bond acceptors (Lipinski definition) is 5. The van der Waals surface area contributed by atoms with E-state index in [9.17, 15) is 14.0 Å². The van der Waals surface area contributed by atoms with Crippen molar-refractivity contribution in [3.8, 4) is 0 Å². The van der Waals surface area contributed by atoms with E-state index in [2.05, 4.69) is 21.3 Å². The Morgan fingerprint density at radius 3 is 2.83 bits per heavy atom. The Morgan fingerprint density at radius 1 is 1.39 bits per heavy atom. The van der Waals surface area contributed by atoms with Gasteiger partial charge in [-0.05, 0) is 17.7 Å². The highest BCUT2D eigenvalue weighted by atomic mass is 19.1. The summed E-state index contributed by atoms with van der Waals surface area (Å²) in [5.41, 5.74) is 6.24. The van der Waals surface area contributed by atoms with Crippen LogP contribution < -0.4 is 21.9 Å². The predicted octanol–water partition coefficient (Wildman–Crippen LogP) is -0.657. The smallest absolute Gasteiger partial charge is 0.347 e. The van der Waals surface area contributed by atoms with Crippen LogP contribution >= 0.6 is 0 Å². The van der Waals surface area contributed by atoms with E-state index in [4.69, 9.17) is 0 Å². The number of amides is 1. The Balaban J connectivity index is 1.74. The first-order valence-electron chi connectivity index (χ1n) is 7.19. The van der Waals surface area contributed by atoms with E-state index < -0.39 is 6.04 Å². The lowest BCUT2D eigenvalue weighted by Crippen LogP contribution is -2.42. The maximum absolute atomic E-state index is 12.9. The molecule has 0 aliphatic carbocycles. The van der Waals surface area contributed by atoms with Gasteiger partial charge in [-0.3, -0.25) is 9.36 Å². The van der Waals surface area contributed by atoms with Gasteiger partial charge in [-0.25, -0.2) is 24.7 Å². The van der Waals surface area contributed by atoms with Crippen molar-refractivity contribution in [3.63, 3.8) is 0 Å². The standard InChI is InChI=1S/C14H17FN6O2/c1-16-13(22)11-6-12(19-18-11)20-8-17-21(14(20)23)7-9-2-4-10(15)5-3-9/h2-5,8,11-12,18-19H,6-7H2,1H3,(H,16,22). The molecule has 0 radical (unpaired) electrons. The number of hydrogen-bond donors (Lipinski definition) is 3. The summed E-state index contributed by atoms with van der Waals surface area (Å²) in [7, 11) is 1.56. The van der Waals surface area contributed by atoms with Crippen LogP contribution in [0, 0.1) is 5.82 Å². The van der Waals surface area contributed by atoms with Gasteiger partial charge in [-0.2, -0.15) is 5.10 Å². The molecule has 1 aliphatic rings. The molecular formula is C14H17FN6O2. The van der Waals surface area contributed by atoms with Crippen LogP contribution in [-0.2, 0) is 11.3 Å². The Morgan fingerprint density at radius 2 is 2.13 bits per heavy atom. The van der Waals surface area contributed by atoms with Gasteiger partial charge in [0.2, 0.25) is 5.91 Å². The summed E-state index contributed by atoms with van der Waals surface area (Å²) in [6, 6.07) is 5.49. The number of halogens is 1. The van der Waals surface area contributed by atoms with Gasteiger partial charge in [0.15, 0.2) is 0 Å². The number of nitrogens with one attached hydrogen (secondary N) is 3. The first kappa shape index (κ1) is 15.4. The highest BCUT2D eigenvalue weighted by Crippen LogP contribution is 2.13. The van der Waals surface area contributed by atoms with Crippen molar-refractivity contribution in [2.45, 2.75) is 25.2 Å². The molecule has 0 saturated carbocycles. The van der Waals surface area contributed by atoms with E-state index in [1.54, 1.807) is 19.2 Å². The molecule has 2 heterocycles. The molecule has 8 nitrogen and oxygen atoms in total. The van der Waals surface area contributed by atoms with Crippen LogP contribution in [0.4, 0.5) is 4.39 Å². The Kier molecular flexibility index (Phi) is 4.22. The molecule has 23 heavy (non-hydrogen) atoms. The van der Waals surface area contributed by atoms with Gasteiger partial charge in [0.1, 0.15) is 24.4 Å². The lowest BCUT2D eigenvalue weighted by Gasteiger charge is -2.08. The van der Waals surface area contributed by atoms with E-state index in [-0.39, 0.29) is 30.1 Å². The van der Waals surface area contributed by atoms with Gasteiger partial charge < -0.3 is 5.32 Å². The number of aromatic nitrogens is 3. The van der Waals surface area contributed by atoms with Crippen LogP contribution in [-0.4, -0.2) is 33.3 Å². The van der Waals surface area contributed by atoms with E-state index in [0.29, 0.717) is 6.42 Å². The monoisotopic (exact) mass is 320 g/mol. The molecule has 1 fully saturated rings. The number of benzene rings is 1. The normalized spacial score (nSPS) is 20.6. The van der Waals surface area contributed by atoms with Crippen molar-refractivity contribution >= 4 is 5.91 Å². The molecule has 2 unspecified atom stereocenters. The molecule has 2 aromatic rings. The van der Waals surface area contributed by atoms with Gasteiger partial charge in [-0.15, -0.1) is 0 Å². The third-order valence-corrected chi connectivity index (χ3v) is 3.78. The average Bonchev–Trinajstić information content (AvgIpc) is 3.16.